The molecule has 1 rings (SSSR count). The SMILES string of the molecule is COCCOC1(C(C)=O)CCCC1. The molecule has 1 saturated carbocycles. The summed E-state index contributed by atoms with van der Waals surface area (Å²) in [5.41, 5.74) is -0.474. The Labute approximate surface area is 79.4 Å². The number of Topliss-reactive ketones (excluding diaryl/α,β-unsaturated/α-hetero) is 1. The molecule has 0 aromatic carbocycles. The Morgan fingerprint density at radius 3 is 2.38 bits per heavy atom. The van der Waals surface area contributed by atoms with Crippen LogP contribution in [-0.4, -0.2) is 31.7 Å². The summed E-state index contributed by atoms with van der Waals surface area (Å²) in [4.78, 5) is 11.4. The molecule has 3 nitrogen and oxygen atoms in total. The van der Waals surface area contributed by atoms with E-state index in [1.807, 2.05) is 0 Å². The van der Waals surface area contributed by atoms with Gasteiger partial charge in [-0.05, 0) is 32.6 Å². The summed E-state index contributed by atoms with van der Waals surface area (Å²) in [5.74, 6) is 0.168. The molecular formula is C10H18O3. The van der Waals surface area contributed by atoms with Gasteiger partial charge in [-0.2, -0.15) is 0 Å². The molecular weight excluding hydrogens is 168 g/mol. The van der Waals surface area contributed by atoms with Crippen LogP contribution in [0.3, 0.4) is 0 Å². The monoisotopic (exact) mass is 186 g/mol. The summed E-state index contributed by atoms with van der Waals surface area (Å²) < 4.78 is 10.5. The van der Waals surface area contributed by atoms with Gasteiger partial charge in [0.05, 0.1) is 13.2 Å². The molecule has 3 heteroatoms. The lowest BCUT2D eigenvalue weighted by Gasteiger charge is -2.26. The van der Waals surface area contributed by atoms with Crippen molar-refractivity contribution >= 4 is 5.78 Å². The van der Waals surface area contributed by atoms with E-state index in [0.717, 1.165) is 25.7 Å². The second-order valence-corrected chi connectivity index (χ2v) is 3.60. The van der Waals surface area contributed by atoms with Crippen LogP contribution in [0.1, 0.15) is 32.6 Å². The third kappa shape index (κ3) is 2.51. The fraction of sp³-hybridized carbons (Fsp3) is 0.900. The highest BCUT2D eigenvalue weighted by atomic mass is 16.5. The highest BCUT2D eigenvalue weighted by Gasteiger charge is 2.39. The maximum atomic E-state index is 11.4. The largest absolute Gasteiger partial charge is 0.382 e. The maximum Gasteiger partial charge on any atom is 0.161 e. The van der Waals surface area contributed by atoms with Crippen LogP contribution in [0.25, 0.3) is 0 Å². The number of methoxy groups -OCH3 is 1. The molecule has 0 atom stereocenters. The van der Waals surface area contributed by atoms with Gasteiger partial charge in [0, 0.05) is 7.11 Å². The van der Waals surface area contributed by atoms with Crippen molar-refractivity contribution in [2.75, 3.05) is 20.3 Å². The van der Waals surface area contributed by atoms with Gasteiger partial charge in [-0.25, -0.2) is 0 Å². The third-order valence-corrected chi connectivity index (χ3v) is 2.72. The molecule has 76 valence electrons. The lowest BCUT2D eigenvalue weighted by Crippen LogP contribution is -2.38. The molecule has 13 heavy (non-hydrogen) atoms. The van der Waals surface area contributed by atoms with Crippen LogP contribution in [0, 0.1) is 0 Å². The molecule has 0 amide bonds. The predicted octanol–water partition coefficient (Wildman–Crippen LogP) is 1.55. The highest BCUT2D eigenvalue weighted by molar-refractivity contribution is 5.85. The van der Waals surface area contributed by atoms with Crippen molar-refractivity contribution in [3.63, 3.8) is 0 Å². The van der Waals surface area contributed by atoms with E-state index in [0.29, 0.717) is 13.2 Å². The van der Waals surface area contributed by atoms with Crippen LogP contribution in [0.2, 0.25) is 0 Å². The fourth-order valence-electron chi connectivity index (χ4n) is 1.86. The lowest BCUT2D eigenvalue weighted by atomic mass is 9.97. The van der Waals surface area contributed by atoms with E-state index in [1.54, 1.807) is 14.0 Å². The zero-order valence-electron chi connectivity index (χ0n) is 8.47. The number of rotatable bonds is 5. The van der Waals surface area contributed by atoms with Gasteiger partial charge in [-0.1, -0.05) is 0 Å². The topological polar surface area (TPSA) is 35.5 Å². The summed E-state index contributed by atoms with van der Waals surface area (Å²) in [6.07, 6.45) is 3.97. The van der Waals surface area contributed by atoms with Gasteiger partial charge >= 0.3 is 0 Å². The molecule has 0 N–H and O–H groups in total. The van der Waals surface area contributed by atoms with Gasteiger partial charge in [0.15, 0.2) is 5.78 Å². The van der Waals surface area contributed by atoms with E-state index in [2.05, 4.69) is 0 Å². The molecule has 0 saturated heterocycles. The van der Waals surface area contributed by atoms with Gasteiger partial charge < -0.3 is 9.47 Å². The van der Waals surface area contributed by atoms with Gasteiger partial charge in [0.25, 0.3) is 0 Å². The summed E-state index contributed by atoms with van der Waals surface area (Å²) in [7, 11) is 1.64. The molecule has 0 radical (unpaired) electrons. The Bertz CT molecular complexity index is 171. The Kier molecular flexibility index (Phi) is 3.88. The van der Waals surface area contributed by atoms with Gasteiger partial charge in [-0.3, -0.25) is 4.79 Å². The molecule has 0 unspecified atom stereocenters. The number of carbonyl (C=O) groups excluding carboxylic acids is 1. The third-order valence-electron chi connectivity index (χ3n) is 2.72. The van der Waals surface area contributed by atoms with Crippen molar-refractivity contribution in [2.24, 2.45) is 0 Å². The number of carbonyl (C=O) groups is 1. The minimum absolute atomic E-state index is 0.168. The zero-order chi connectivity index (χ0) is 9.73. The lowest BCUT2D eigenvalue weighted by molar-refractivity contribution is -0.143. The molecule has 0 aromatic heterocycles. The van der Waals surface area contributed by atoms with E-state index in [9.17, 15) is 4.79 Å². The van der Waals surface area contributed by atoms with Gasteiger partial charge in [-0.15, -0.1) is 0 Å². The van der Waals surface area contributed by atoms with E-state index >= 15 is 0 Å². The molecule has 1 aliphatic rings. The van der Waals surface area contributed by atoms with Gasteiger partial charge in [0.1, 0.15) is 5.60 Å². The smallest absolute Gasteiger partial charge is 0.161 e. The Morgan fingerprint density at radius 1 is 1.31 bits per heavy atom. The molecule has 0 aliphatic heterocycles. The summed E-state index contributed by atoms with van der Waals surface area (Å²) >= 11 is 0. The fourth-order valence-corrected chi connectivity index (χ4v) is 1.86. The molecule has 0 spiro atoms. The van der Waals surface area contributed by atoms with Crippen LogP contribution in [0.4, 0.5) is 0 Å². The standard InChI is InChI=1S/C10H18O3/c1-9(11)10(5-3-4-6-10)13-8-7-12-2/h3-8H2,1-2H3. The number of ether oxygens (including phenoxy) is 2. The summed E-state index contributed by atoms with van der Waals surface area (Å²) in [6.45, 7) is 2.71. The number of ketones is 1. The second kappa shape index (κ2) is 4.72. The second-order valence-electron chi connectivity index (χ2n) is 3.60. The van der Waals surface area contributed by atoms with Crippen LogP contribution >= 0.6 is 0 Å². The normalized spacial score (nSPS) is 20.5. The molecule has 0 bridgehead atoms. The number of hydrogen-bond acceptors (Lipinski definition) is 3. The van der Waals surface area contributed by atoms with Crippen LogP contribution in [-0.2, 0) is 14.3 Å². The predicted molar refractivity (Wildman–Crippen MR) is 49.7 cm³/mol. The first-order chi connectivity index (χ1) is 6.21. The average Bonchev–Trinajstić information content (AvgIpc) is 2.55. The van der Waals surface area contributed by atoms with Crippen molar-refractivity contribution in [3.05, 3.63) is 0 Å². The van der Waals surface area contributed by atoms with E-state index in [-0.39, 0.29) is 5.78 Å². The Hall–Kier alpha value is -0.410. The Balaban J connectivity index is 2.43. The molecule has 0 heterocycles. The first kappa shape index (κ1) is 10.7. The number of hydrogen-bond donors (Lipinski definition) is 0. The first-order valence-electron chi connectivity index (χ1n) is 4.85. The molecule has 1 aliphatic carbocycles. The molecule has 1 fully saturated rings. The van der Waals surface area contributed by atoms with Gasteiger partial charge in [0.2, 0.25) is 0 Å². The first-order valence-corrected chi connectivity index (χ1v) is 4.85. The van der Waals surface area contributed by atoms with Crippen molar-refractivity contribution in [3.8, 4) is 0 Å². The van der Waals surface area contributed by atoms with Crippen LogP contribution in [0.5, 0.6) is 0 Å². The summed E-state index contributed by atoms with van der Waals surface area (Å²) in [6, 6.07) is 0. The van der Waals surface area contributed by atoms with Crippen molar-refractivity contribution in [1.82, 2.24) is 0 Å². The maximum absolute atomic E-state index is 11.4. The van der Waals surface area contributed by atoms with Crippen LogP contribution in [0.15, 0.2) is 0 Å². The van der Waals surface area contributed by atoms with Crippen molar-refractivity contribution < 1.29 is 14.3 Å². The average molecular weight is 186 g/mol. The quantitative estimate of drug-likeness (QED) is 0.611. The van der Waals surface area contributed by atoms with E-state index in [1.165, 1.54) is 0 Å². The molecule has 0 aromatic rings. The minimum atomic E-state index is -0.474. The minimum Gasteiger partial charge on any atom is -0.382 e. The Morgan fingerprint density at radius 2 is 1.92 bits per heavy atom. The van der Waals surface area contributed by atoms with Crippen LogP contribution < -0.4 is 0 Å². The summed E-state index contributed by atoms with van der Waals surface area (Å²) in [5, 5.41) is 0. The van der Waals surface area contributed by atoms with Crippen molar-refractivity contribution in [1.29, 1.82) is 0 Å². The zero-order valence-corrected chi connectivity index (χ0v) is 8.47. The van der Waals surface area contributed by atoms with E-state index in [4.69, 9.17) is 9.47 Å². The van der Waals surface area contributed by atoms with E-state index < -0.39 is 5.60 Å². The van der Waals surface area contributed by atoms with Crippen molar-refractivity contribution in [2.45, 2.75) is 38.2 Å². The highest BCUT2D eigenvalue weighted by Crippen LogP contribution is 2.33.